The molecule has 1 aliphatic carbocycles. The van der Waals surface area contributed by atoms with Crippen molar-refractivity contribution < 1.29 is 0 Å². The summed E-state index contributed by atoms with van der Waals surface area (Å²) < 4.78 is 0. The van der Waals surface area contributed by atoms with Gasteiger partial charge in [0.15, 0.2) is 0 Å². The number of hydrogen-bond donors (Lipinski definition) is 0. The van der Waals surface area contributed by atoms with E-state index in [2.05, 4.69) is 25.7 Å². The minimum Gasteiger partial charge on any atom is -0.291 e. The summed E-state index contributed by atoms with van der Waals surface area (Å²) in [7, 11) is 0. The number of rotatable bonds is 0. The van der Waals surface area contributed by atoms with Crippen molar-refractivity contribution in [1.29, 1.82) is 0 Å². The van der Waals surface area contributed by atoms with E-state index in [1.807, 2.05) is 0 Å². The fourth-order valence-electron chi connectivity index (χ4n) is 4.22. The van der Waals surface area contributed by atoms with E-state index in [0.29, 0.717) is 16.5 Å². The number of fused-ring (bicyclic) bond motifs is 2. The van der Waals surface area contributed by atoms with Gasteiger partial charge in [-0.25, -0.2) is 0 Å². The van der Waals surface area contributed by atoms with Crippen LogP contribution in [0.4, 0.5) is 0 Å². The second-order valence-corrected chi connectivity index (χ2v) is 6.76. The highest BCUT2D eigenvalue weighted by molar-refractivity contribution is 5.20. The van der Waals surface area contributed by atoms with E-state index in [-0.39, 0.29) is 0 Å². The highest BCUT2D eigenvalue weighted by atomic mass is 15.3. The lowest BCUT2D eigenvalue weighted by Crippen LogP contribution is -2.52. The maximum Gasteiger partial charge on any atom is 0.0264 e. The third-order valence-corrected chi connectivity index (χ3v) is 5.29. The van der Waals surface area contributed by atoms with Crippen LogP contribution in [-0.4, -0.2) is 22.5 Å². The lowest BCUT2D eigenvalue weighted by molar-refractivity contribution is 0.0357. The average molecular weight is 193 g/mol. The Balaban J connectivity index is 1.99. The van der Waals surface area contributed by atoms with Gasteiger partial charge in [-0.1, -0.05) is 20.8 Å². The van der Waals surface area contributed by atoms with Crippen LogP contribution in [0.25, 0.3) is 0 Å². The second-order valence-electron chi connectivity index (χ2n) is 6.76. The van der Waals surface area contributed by atoms with Gasteiger partial charge in [0, 0.05) is 11.1 Å². The fraction of sp³-hybridized carbons (Fsp3) is 1.00. The van der Waals surface area contributed by atoms with E-state index in [9.17, 15) is 0 Å². The molecule has 1 saturated carbocycles. The Morgan fingerprint density at radius 3 is 2.14 bits per heavy atom. The summed E-state index contributed by atoms with van der Waals surface area (Å²) in [6, 6.07) is 0. The molecule has 3 rings (SSSR count). The molecular weight excluding hydrogens is 170 g/mol. The first kappa shape index (κ1) is 9.21. The van der Waals surface area contributed by atoms with Crippen molar-refractivity contribution in [3.63, 3.8) is 0 Å². The van der Waals surface area contributed by atoms with Gasteiger partial charge in [0.1, 0.15) is 0 Å². The second kappa shape index (κ2) is 2.37. The first-order valence-electron chi connectivity index (χ1n) is 6.28. The Kier molecular flexibility index (Phi) is 1.56. The van der Waals surface area contributed by atoms with Gasteiger partial charge in [-0.05, 0) is 50.5 Å². The minimum absolute atomic E-state index is 0.482. The molecule has 1 atom stereocenters. The summed E-state index contributed by atoms with van der Waals surface area (Å²) >= 11 is 0. The fourth-order valence-corrected chi connectivity index (χ4v) is 4.22. The average Bonchev–Trinajstić information content (AvgIpc) is 2.58. The third-order valence-electron chi connectivity index (χ3n) is 5.29. The van der Waals surface area contributed by atoms with Gasteiger partial charge in [-0.15, -0.1) is 0 Å². The van der Waals surface area contributed by atoms with Crippen molar-refractivity contribution in [3.8, 4) is 0 Å². The summed E-state index contributed by atoms with van der Waals surface area (Å²) in [5.74, 6) is 0. The van der Waals surface area contributed by atoms with Crippen molar-refractivity contribution in [3.05, 3.63) is 0 Å². The van der Waals surface area contributed by atoms with E-state index in [1.165, 1.54) is 45.1 Å². The molecule has 1 spiro atoms. The molecule has 0 aromatic rings. The van der Waals surface area contributed by atoms with Crippen LogP contribution in [0.3, 0.4) is 0 Å². The molecule has 0 bridgehead atoms. The van der Waals surface area contributed by atoms with E-state index in [0.717, 1.165) is 0 Å². The Morgan fingerprint density at radius 1 is 0.929 bits per heavy atom. The maximum absolute atomic E-state index is 2.92. The predicted molar refractivity (Wildman–Crippen MR) is 59.3 cm³/mol. The molecule has 0 radical (unpaired) electrons. The molecule has 1 heteroatoms. The van der Waals surface area contributed by atoms with Crippen LogP contribution in [0, 0.1) is 5.41 Å². The molecule has 80 valence electrons. The molecule has 3 aliphatic rings. The summed E-state index contributed by atoms with van der Waals surface area (Å²) in [5, 5.41) is 0. The van der Waals surface area contributed by atoms with Gasteiger partial charge in [-0.3, -0.25) is 4.90 Å². The van der Waals surface area contributed by atoms with Crippen LogP contribution in [0.1, 0.15) is 59.3 Å². The van der Waals surface area contributed by atoms with Gasteiger partial charge in [0.25, 0.3) is 0 Å². The Morgan fingerprint density at radius 2 is 1.57 bits per heavy atom. The maximum atomic E-state index is 2.92. The summed E-state index contributed by atoms with van der Waals surface area (Å²) in [6.45, 7) is 8.74. The van der Waals surface area contributed by atoms with Crippen molar-refractivity contribution >= 4 is 0 Å². The van der Waals surface area contributed by atoms with Gasteiger partial charge >= 0.3 is 0 Å². The molecule has 2 aliphatic heterocycles. The quantitative estimate of drug-likeness (QED) is 0.571. The van der Waals surface area contributed by atoms with Crippen LogP contribution in [-0.2, 0) is 0 Å². The summed E-state index contributed by atoms with van der Waals surface area (Å²) in [4.78, 5) is 2.92. The third kappa shape index (κ3) is 0.900. The van der Waals surface area contributed by atoms with E-state index in [4.69, 9.17) is 0 Å². The zero-order chi connectivity index (χ0) is 10.0. The minimum atomic E-state index is 0.482. The summed E-state index contributed by atoms with van der Waals surface area (Å²) in [5.41, 5.74) is 1.75. The normalized spacial score (nSPS) is 40.5. The predicted octanol–water partition coefficient (Wildman–Crippen LogP) is 3.19. The molecular formula is C13H23N. The SMILES string of the molecule is CC(C)(C)C12CCCN1C1(CC1)CC2. The monoisotopic (exact) mass is 193 g/mol. The van der Waals surface area contributed by atoms with Gasteiger partial charge < -0.3 is 0 Å². The molecule has 2 saturated heterocycles. The van der Waals surface area contributed by atoms with Crippen LogP contribution in [0.15, 0.2) is 0 Å². The molecule has 0 aromatic heterocycles. The van der Waals surface area contributed by atoms with Crippen LogP contribution >= 0.6 is 0 Å². The largest absolute Gasteiger partial charge is 0.291 e. The van der Waals surface area contributed by atoms with E-state index < -0.39 is 0 Å². The molecule has 0 N–H and O–H groups in total. The highest BCUT2D eigenvalue weighted by Gasteiger charge is 2.65. The Labute approximate surface area is 87.9 Å². The first-order valence-corrected chi connectivity index (χ1v) is 6.28. The van der Waals surface area contributed by atoms with Gasteiger partial charge in [0.2, 0.25) is 0 Å². The molecule has 0 amide bonds. The van der Waals surface area contributed by atoms with Crippen LogP contribution < -0.4 is 0 Å². The van der Waals surface area contributed by atoms with Crippen molar-refractivity contribution in [2.45, 2.75) is 70.4 Å². The first-order chi connectivity index (χ1) is 6.50. The standard InChI is InChI=1S/C13H23N/c1-11(2,3)13-5-4-10-14(13)12(6-7-12)8-9-13/h4-10H2,1-3H3. The Bertz CT molecular complexity index is 259. The van der Waals surface area contributed by atoms with Crippen LogP contribution in [0.2, 0.25) is 0 Å². The Hall–Kier alpha value is -0.0400. The lowest BCUT2D eigenvalue weighted by Gasteiger charge is -2.46. The smallest absolute Gasteiger partial charge is 0.0264 e. The van der Waals surface area contributed by atoms with E-state index in [1.54, 1.807) is 0 Å². The molecule has 2 heterocycles. The topological polar surface area (TPSA) is 3.24 Å². The number of hydrogen-bond acceptors (Lipinski definition) is 1. The molecule has 1 unspecified atom stereocenters. The molecule has 1 nitrogen and oxygen atoms in total. The molecule has 14 heavy (non-hydrogen) atoms. The lowest BCUT2D eigenvalue weighted by atomic mass is 9.71. The zero-order valence-corrected chi connectivity index (χ0v) is 9.90. The molecule has 0 aromatic carbocycles. The summed E-state index contributed by atoms with van der Waals surface area (Å²) in [6.07, 6.45) is 8.84. The van der Waals surface area contributed by atoms with Crippen molar-refractivity contribution in [1.82, 2.24) is 4.90 Å². The van der Waals surface area contributed by atoms with Crippen molar-refractivity contribution in [2.24, 2.45) is 5.41 Å². The van der Waals surface area contributed by atoms with Gasteiger partial charge in [-0.2, -0.15) is 0 Å². The van der Waals surface area contributed by atoms with E-state index >= 15 is 0 Å². The molecule has 3 fully saturated rings. The van der Waals surface area contributed by atoms with Gasteiger partial charge in [0.05, 0.1) is 0 Å². The van der Waals surface area contributed by atoms with Crippen molar-refractivity contribution in [2.75, 3.05) is 6.54 Å². The zero-order valence-electron chi connectivity index (χ0n) is 9.90. The van der Waals surface area contributed by atoms with Crippen LogP contribution in [0.5, 0.6) is 0 Å². The number of nitrogens with zero attached hydrogens (tertiary/aromatic N) is 1. The highest BCUT2D eigenvalue weighted by Crippen LogP contribution is 2.63.